The van der Waals surface area contributed by atoms with Crippen LogP contribution in [0.4, 0.5) is 0 Å². The molecule has 7 heavy (non-hydrogen) atoms. The molecule has 0 aromatic heterocycles. The Balaban J connectivity index is 3.79. The zero-order chi connectivity index (χ0) is 6.08. The Morgan fingerprint density at radius 3 is 1.86 bits per heavy atom. The van der Waals surface area contributed by atoms with Crippen molar-refractivity contribution in [1.82, 2.24) is 0 Å². The molecule has 0 heterocycles. The van der Waals surface area contributed by atoms with Gasteiger partial charge in [-0.1, -0.05) is 0 Å². The van der Waals surface area contributed by atoms with Gasteiger partial charge in [0.25, 0.3) is 5.66 Å². The number of nitrogens with zero attached hydrogens (tertiary/aromatic N) is 1. The molecule has 0 unspecified atom stereocenters. The summed E-state index contributed by atoms with van der Waals surface area (Å²) in [5.74, 6) is 0. The fourth-order valence-corrected chi connectivity index (χ4v) is 0. The molecule has 0 bridgehead atoms. The van der Waals surface area contributed by atoms with Crippen LogP contribution in [0.3, 0.4) is 0 Å². The van der Waals surface area contributed by atoms with Gasteiger partial charge in [-0.15, -0.1) is 0 Å². The summed E-state index contributed by atoms with van der Waals surface area (Å²) >= 11 is 0. The number of nitrogens with two attached hydrogens (primary N) is 1. The van der Waals surface area contributed by atoms with Crippen LogP contribution in [0, 0.1) is 10.1 Å². The van der Waals surface area contributed by atoms with E-state index in [9.17, 15) is 10.1 Å². The predicted octanol–water partition coefficient (Wildman–Crippen LogP) is -0.0421. The highest BCUT2D eigenvalue weighted by atomic mass is 16.6. The van der Waals surface area contributed by atoms with Crippen molar-refractivity contribution < 1.29 is 4.92 Å². The highest BCUT2D eigenvalue weighted by molar-refractivity contribution is 4.51. The molecule has 0 atom stereocenters. The summed E-state index contributed by atoms with van der Waals surface area (Å²) in [4.78, 5) is 9.17. The van der Waals surface area contributed by atoms with E-state index in [-0.39, 0.29) is 0 Å². The topological polar surface area (TPSA) is 69.2 Å². The molecule has 2 N–H and O–H groups in total. The van der Waals surface area contributed by atoms with E-state index in [0.717, 1.165) is 0 Å². The zero-order valence-corrected chi connectivity index (χ0v) is 4.34. The first-order chi connectivity index (χ1) is 2.94. The molecule has 0 spiro atoms. The Morgan fingerprint density at radius 2 is 1.86 bits per heavy atom. The van der Waals surface area contributed by atoms with Crippen molar-refractivity contribution in [3.05, 3.63) is 10.1 Å². The van der Waals surface area contributed by atoms with Gasteiger partial charge in [-0.2, -0.15) is 0 Å². The quantitative estimate of drug-likeness (QED) is 0.288. The summed E-state index contributed by atoms with van der Waals surface area (Å²) in [7, 11) is 0. The van der Waals surface area contributed by atoms with Crippen LogP contribution >= 0.6 is 0 Å². The maximum atomic E-state index is 9.70. The second kappa shape index (κ2) is 1.46. The maximum Gasteiger partial charge on any atom is 0.267 e. The molecule has 0 saturated heterocycles. The molecule has 0 saturated carbocycles. The van der Waals surface area contributed by atoms with Gasteiger partial charge in [-0.3, -0.25) is 15.8 Å². The van der Waals surface area contributed by atoms with Crippen molar-refractivity contribution in [2.45, 2.75) is 19.5 Å². The molecule has 0 amide bonds. The number of nitro groups is 1. The van der Waals surface area contributed by atoms with E-state index in [1.807, 2.05) is 0 Å². The van der Waals surface area contributed by atoms with Gasteiger partial charge in [0.2, 0.25) is 0 Å². The third kappa shape index (κ3) is 2.11. The van der Waals surface area contributed by atoms with Crippen LogP contribution in [0.1, 0.15) is 13.8 Å². The van der Waals surface area contributed by atoms with E-state index in [4.69, 9.17) is 5.73 Å². The highest BCUT2D eigenvalue weighted by Crippen LogP contribution is 1.93. The Morgan fingerprint density at radius 1 is 1.71 bits per heavy atom. The second-order valence-electron chi connectivity index (χ2n) is 1.91. The van der Waals surface area contributed by atoms with Gasteiger partial charge in [-0.25, -0.2) is 0 Å². The Bertz CT molecular complexity index is 83.4. The van der Waals surface area contributed by atoms with Gasteiger partial charge in [-0.05, 0) is 0 Å². The smallest absolute Gasteiger partial charge is 0.266 e. The van der Waals surface area contributed by atoms with Crippen LogP contribution in [0.5, 0.6) is 0 Å². The maximum absolute atomic E-state index is 9.70. The average Bonchev–Trinajstić information content (AvgIpc) is 1.31. The zero-order valence-electron chi connectivity index (χ0n) is 4.34. The lowest BCUT2D eigenvalue weighted by Crippen LogP contribution is -2.40. The van der Waals surface area contributed by atoms with Crippen molar-refractivity contribution >= 4 is 0 Å². The first-order valence-electron chi connectivity index (χ1n) is 1.88. The average molecular weight is 104 g/mol. The molecule has 0 radical (unpaired) electrons. The molecule has 4 nitrogen and oxygen atoms in total. The van der Waals surface area contributed by atoms with Crippen molar-refractivity contribution in [2.24, 2.45) is 5.73 Å². The van der Waals surface area contributed by atoms with Crippen LogP contribution in [0.15, 0.2) is 0 Å². The second-order valence-corrected chi connectivity index (χ2v) is 1.91. The molecule has 42 valence electrons. The fraction of sp³-hybridized carbons (Fsp3) is 1.00. The van der Waals surface area contributed by atoms with E-state index < -0.39 is 10.6 Å². The van der Waals surface area contributed by atoms with E-state index in [1.165, 1.54) is 13.8 Å². The predicted molar refractivity (Wildman–Crippen MR) is 25.3 cm³/mol. The minimum Gasteiger partial charge on any atom is -0.266 e. The van der Waals surface area contributed by atoms with Crippen LogP contribution in [-0.2, 0) is 0 Å². The van der Waals surface area contributed by atoms with Gasteiger partial charge in [0.1, 0.15) is 0 Å². The van der Waals surface area contributed by atoms with Crippen molar-refractivity contribution in [3.63, 3.8) is 0 Å². The van der Waals surface area contributed by atoms with Crippen LogP contribution in [0.25, 0.3) is 0 Å². The van der Waals surface area contributed by atoms with Gasteiger partial charge < -0.3 is 0 Å². The van der Waals surface area contributed by atoms with E-state index >= 15 is 0 Å². The molecular formula is C3H8N2O2. The largest absolute Gasteiger partial charge is 0.267 e. The van der Waals surface area contributed by atoms with Crippen LogP contribution in [0.2, 0.25) is 0 Å². The SMILES string of the molecule is CC(C)(N)[N+](=O)[O-]. The fourth-order valence-electron chi connectivity index (χ4n) is 0. The monoisotopic (exact) mass is 104 g/mol. The van der Waals surface area contributed by atoms with Gasteiger partial charge in [0, 0.05) is 18.8 Å². The van der Waals surface area contributed by atoms with Gasteiger partial charge >= 0.3 is 0 Å². The van der Waals surface area contributed by atoms with Crippen molar-refractivity contribution in [2.75, 3.05) is 0 Å². The number of rotatable bonds is 1. The summed E-state index contributed by atoms with van der Waals surface area (Å²) in [6.07, 6.45) is 0. The lowest BCUT2D eigenvalue weighted by atomic mass is 10.3. The molecule has 0 fully saturated rings. The van der Waals surface area contributed by atoms with E-state index in [0.29, 0.717) is 0 Å². The van der Waals surface area contributed by atoms with Gasteiger partial charge in [0.15, 0.2) is 0 Å². The Kier molecular flexibility index (Phi) is 1.32. The van der Waals surface area contributed by atoms with E-state index in [1.54, 1.807) is 0 Å². The molecular weight excluding hydrogens is 96.0 g/mol. The van der Waals surface area contributed by atoms with Crippen LogP contribution < -0.4 is 5.73 Å². The molecule has 0 aliphatic heterocycles. The van der Waals surface area contributed by atoms with Gasteiger partial charge in [0.05, 0.1) is 0 Å². The summed E-state index contributed by atoms with van der Waals surface area (Å²) < 4.78 is 0. The lowest BCUT2D eigenvalue weighted by molar-refractivity contribution is -0.559. The Hall–Kier alpha value is -0.640. The summed E-state index contributed by atoms with van der Waals surface area (Å²) in [5.41, 5.74) is 3.70. The summed E-state index contributed by atoms with van der Waals surface area (Å²) in [5, 5.41) is 9.70. The van der Waals surface area contributed by atoms with E-state index in [2.05, 4.69) is 0 Å². The first-order valence-corrected chi connectivity index (χ1v) is 1.88. The lowest BCUT2D eigenvalue weighted by Gasteiger charge is -2.05. The third-order valence-corrected chi connectivity index (χ3v) is 0.471. The minimum absolute atomic E-state index is 0.535. The molecule has 0 aliphatic carbocycles. The number of hydrogen-bond donors (Lipinski definition) is 1. The molecule has 0 aliphatic rings. The van der Waals surface area contributed by atoms with Crippen molar-refractivity contribution in [1.29, 1.82) is 0 Å². The minimum atomic E-state index is -1.28. The highest BCUT2D eigenvalue weighted by Gasteiger charge is 2.22. The summed E-state index contributed by atoms with van der Waals surface area (Å²) in [6.45, 7) is 2.68. The molecule has 0 rings (SSSR count). The first kappa shape index (κ1) is 6.36. The Labute approximate surface area is 41.5 Å². The standard InChI is InChI=1S/C3H8N2O2/c1-3(2,4)5(6)7/h4H2,1-2H3. The normalized spacial score (nSPS) is 11.3. The molecule has 4 heteroatoms. The summed E-state index contributed by atoms with van der Waals surface area (Å²) in [6, 6.07) is 0. The van der Waals surface area contributed by atoms with Crippen molar-refractivity contribution in [3.8, 4) is 0 Å². The molecule has 0 aromatic carbocycles. The van der Waals surface area contributed by atoms with Crippen LogP contribution in [-0.4, -0.2) is 10.6 Å². The number of hydrogen-bond acceptors (Lipinski definition) is 3. The third-order valence-electron chi connectivity index (χ3n) is 0.471. The molecule has 0 aromatic rings.